The summed E-state index contributed by atoms with van der Waals surface area (Å²) in [7, 11) is 0. The molecule has 0 saturated heterocycles. The maximum atomic E-state index is 10.6. The molecule has 0 radical (unpaired) electrons. The molecule has 1 heterocycles. The molecule has 0 aliphatic rings. The van der Waals surface area contributed by atoms with E-state index in [9.17, 15) is 10.1 Å². The van der Waals surface area contributed by atoms with E-state index in [0.717, 1.165) is 11.8 Å². The molecule has 0 amide bonds. The van der Waals surface area contributed by atoms with E-state index in [1.807, 2.05) is 6.08 Å². The highest BCUT2D eigenvalue weighted by atomic mass is 79.9. The Labute approximate surface area is 89.5 Å². The molecule has 0 fully saturated rings. The molecule has 5 nitrogen and oxygen atoms in total. The highest BCUT2D eigenvalue weighted by molar-refractivity contribution is 9.09. The molecule has 1 aromatic heterocycles. The van der Waals surface area contributed by atoms with Gasteiger partial charge in [0.25, 0.3) is 0 Å². The molecule has 0 aliphatic heterocycles. The van der Waals surface area contributed by atoms with Gasteiger partial charge in [-0.15, -0.1) is 0 Å². The molecule has 1 aromatic rings. The van der Waals surface area contributed by atoms with Crippen molar-refractivity contribution in [3.63, 3.8) is 0 Å². The van der Waals surface area contributed by atoms with E-state index >= 15 is 0 Å². The van der Waals surface area contributed by atoms with Gasteiger partial charge >= 0.3 is 5.82 Å². The summed E-state index contributed by atoms with van der Waals surface area (Å²) in [5.41, 5.74) is 0.383. The zero-order chi connectivity index (χ0) is 10.6. The number of hydrogen-bond donors (Lipinski definition) is 1. The second-order valence-corrected chi connectivity index (χ2v) is 3.49. The summed E-state index contributed by atoms with van der Waals surface area (Å²) in [6, 6.07) is 0. The number of allylic oxidation sites excluding steroid dienone is 1. The van der Waals surface area contributed by atoms with Gasteiger partial charge in [0.1, 0.15) is 0 Å². The first-order valence-corrected chi connectivity index (χ1v) is 5.20. The molecule has 76 valence electrons. The van der Waals surface area contributed by atoms with E-state index < -0.39 is 4.92 Å². The molecule has 0 unspecified atom stereocenters. The molecular formula is C8H10BrN3O2. The maximum absolute atomic E-state index is 10.6. The Morgan fingerprint density at radius 3 is 3.00 bits per heavy atom. The van der Waals surface area contributed by atoms with Crippen LogP contribution >= 0.6 is 15.9 Å². The summed E-state index contributed by atoms with van der Waals surface area (Å²) in [4.78, 5) is 16.7. The highest BCUT2D eigenvalue weighted by Gasteiger charge is 2.14. The Balaban J connectivity index is 2.89. The number of aryl methyl sites for hydroxylation is 1. The van der Waals surface area contributed by atoms with Crippen LogP contribution in [0, 0.1) is 17.0 Å². The molecule has 6 heteroatoms. The van der Waals surface area contributed by atoms with E-state index in [1.54, 1.807) is 13.0 Å². The second kappa shape index (κ2) is 4.90. The van der Waals surface area contributed by atoms with Gasteiger partial charge in [-0.25, -0.2) is 9.97 Å². The average molecular weight is 260 g/mol. The lowest BCUT2D eigenvalue weighted by Gasteiger charge is -1.90. The van der Waals surface area contributed by atoms with E-state index in [0.29, 0.717) is 11.5 Å². The fraction of sp³-hybridized carbons (Fsp3) is 0.375. The minimum Gasteiger partial charge on any atom is -0.358 e. The van der Waals surface area contributed by atoms with Gasteiger partial charge in [-0.2, -0.15) is 0 Å². The first kappa shape index (κ1) is 10.9. The number of halogens is 1. The van der Waals surface area contributed by atoms with Crippen molar-refractivity contribution in [3.8, 4) is 0 Å². The predicted octanol–water partition coefficient (Wildman–Crippen LogP) is 2.42. The molecule has 0 saturated carbocycles. The number of nitrogens with one attached hydrogen (secondary N) is 1. The van der Waals surface area contributed by atoms with Crippen molar-refractivity contribution in [1.29, 1.82) is 0 Å². The van der Waals surface area contributed by atoms with Gasteiger partial charge in [0, 0.05) is 12.3 Å². The lowest BCUT2D eigenvalue weighted by Crippen LogP contribution is -1.90. The summed E-state index contributed by atoms with van der Waals surface area (Å²) in [6.45, 7) is 1.69. The van der Waals surface area contributed by atoms with Crippen LogP contribution in [-0.4, -0.2) is 20.2 Å². The molecule has 1 rings (SSSR count). The van der Waals surface area contributed by atoms with Crippen LogP contribution in [0.25, 0.3) is 6.08 Å². The number of alkyl halides is 1. The first-order chi connectivity index (χ1) is 6.65. The van der Waals surface area contributed by atoms with Crippen LogP contribution in [0.1, 0.15) is 17.9 Å². The smallest absolute Gasteiger partial charge is 0.348 e. The van der Waals surface area contributed by atoms with E-state index in [1.165, 1.54) is 0 Å². The van der Waals surface area contributed by atoms with Gasteiger partial charge in [0.05, 0.1) is 0 Å². The first-order valence-electron chi connectivity index (χ1n) is 4.08. The van der Waals surface area contributed by atoms with Gasteiger partial charge in [0.2, 0.25) is 0 Å². The Hall–Kier alpha value is -1.17. The second-order valence-electron chi connectivity index (χ2n) is 2.69. The van der Waals surface area contributed by atoms with Crippen molar-refractivity contribution in [3.05, 3.63) is 27.7 Å². The molecule has 14 heavy (non-hydrogen) atoms. The summed E-state index contributed by atoms with van der Waals surface area (Å²) < 4.78 is 0. The van der Waals surface area contributed by atoms with Crippen LogP contribution < -0.4 is 0 Å². The number of imidazole rings is 1. The zero-order valence-electron chi connectivity index (χ0n) is 7.66. The number of H-pyrrole nitrogens is 1. The van der Waals surface area contributed by atoms with Crippen LogP contribution in [0.5, 0.6) is 0 Å². The van der Waals surface area contributed by atoms with Crippen molar-refractivity contribution in [2.45, 2.75) is 13.3 Å². The number of hydrogen-bond acceptors (Lipinski definition) is 3. The fourth-order valence-corrected chi connectivity index (χ4v) is 1.27. The van der Waals surface area contributed by atoms with Gasteiger partial charge in [-0.05, 0) is 17.4 Å². The number of aromatic amines is 1. The molecule has 0 atom stereocenters. The van der Waals surface area contributed by atoms with Crippen LogP contribution in [0.3, 0.4) is 0 Å². The van der Waals surface area contributed by atoms with E-state index in [-0.39, 0.29) is 5.82 Å². The normalized spacial score (nSPS) is 11.0. The Morgan fingerprint density at radius 1 is 1.71 bits per heavy atom. The Morgan fingerprint density at radius 2 is 2.43 bits per heavy atom. The zero-order valence-corrected chi connectivity index (χ0v) is 9.24. The Bertz CT molecular complexity index is 359. The van der Waals surface area contributed by atoms with Gasteiger partial charge in [0.15, 0.2) is 11.5 Å². The highest BCUT2D eigenvalue weighted by Crippen LogP contribution is 2.16. The predicted molar refractivity (Wildman–Crippen MR) is 57.4 cm³/mol. The molecule has 0 aromatic carbocycles. The summed E-state index contributed by atoms with van der Waals surface area (Å²) in [5, 5.41) is 11.4. The van der Waals surface area contributed by atoms with E-state index in [2.05, 4.69) is 25.9 Å². The minimum absolute atomic E-state index is 0.0478. The van der Waals surface area contributed by atoms with Crippen molar-refractivity contribution < 1.29 is 4.92 Å². The summed E-state index contributed by atoms with van der Waals surface area (Å²) >= 11 is 3.26. The number of rotatable bonds is 4. The summed E-state index contributed by atoms with van der Waals surface area (Å²) in [6.07, 6.45) is 4.32. The maximum Gasteiger partial charge on any atom is 0.348 e. The molecule has 0 aliphatic carbocycles. The van der Waals surface area contributed by atoms with Crippen molar-refractivity contribution in [2.75, 3.05) is 5.33 Å². The van der Waals surface area contributed by atoms with Crippen LogP contribution in [0.15, 0.2) is 6.08 Å². The standard InChI is InChI=1S/C8H10BrN3O2/c1-6-10-7(4-2-3-5-9)8(11-6)12(13)14/h2,4H,3,5H2,1H3,(H,10,11). The van der Waals surface area contributed by atoms with E-state index in [4.69, 9.17) is 0 Å². The van der Waals surface area contributed by atoms with Crippen LogP contribution in [0.4, 0.5) is 5.82 Å². The largest absolute Gasteiger partial charge is 0.358 e. The quantitative estimate of drug-likeness (QED) is 0.513. The third-order valence-corrected chi connectivity index (χ3v) is 2.02. The van der Waals surface area contributed by atoms with Crippen LogP contribution in [0.2, 0.25) is 0 Å². The lowest BCUT2D eigenvalue weighted by molar-refractivity contribution is -0.389. The third-order valence-electron chi connectivity index (χ3n) is 1.56. The Kier molecular flexibility index (Phi) is 3.82. The van der Waals surface area contributed by atoms with Gasteiger partial charge in [-0.3, -0.25) is 0 Å². The number of nitrogens with zero attached hydrogens (tertiary/aromatic N) is 2. The van der Waals surface area contributed by atoms with Crippen molar-refractivity contribution in [2.24, 2.45) is 0 Å². The summed E-state index contributed by atoms with van der Waals surface area (Å²) in [5.74, 6) is 0.503. The fourth-order valence-electron chi connectivity index (χ4n) is 1.01. The molecular weight excluding hydrogens is 250 g/mol. The van der Waals surface area contributed by atoms with Gasteiger partial charge < -0.3 is 10.1 Å². The third kappa shape index (κ3) is 2.66. The average Bonchev–Trinajstić information content (AvgIpc) is 2.47. The topological polar surface area (TPSA) is 71.8 Å². The monoisotopic (exact) mass is 259 g/mol. The molecule has 0 bridgehead atoms. The van der Waals surface area contributed by atoms with Crippen molar-refractivity contribution in [1.82, 2.24) is 9.97 Å². The molecule has 0 spiro atoms. The van der Waals surface area contributed by atoms with Crippen molar-refractivity contribution >= 4 is 27.8 Å². The lowest BCUT2D eigenvalue weighted by atomic mass is 10.3. The molecule has 1 N–H and O–H groups in total. The number of nitro groups is 1. The van der Waals surface area contributed by atoms with Crippen LogP contribution in [-0.2, 0) is 0 Å². The van der Waals surface area contributed by atoms with Gasteiger partial charge in [-0.1, -0.05) is 22.0 Å². The minimum atomic E-state index is -0.464. The number of aromatic nitrogens is 2. The SMILES string of the molecule is Cc1nc(C=CCCBr)c([N+](=O)[O-])[nH]1.